The molecule has 0 aromatic carbocycles. The SMILES string of the molecule is CS(=O)(=O)O[C@@]1(C(F)(F)F)CCN(c2nc(Nc3ccnc(C(F)(F)F)c3)nc(-c3cccc(C(F)(F)F)n3)n2)C1. The van der Waals surface area contributed by atoms with E-state index >= 15 is 0 Å². The first kappa shape index (κ1) is 30.2. The molecule has 1 N–H and O–H groups in total. The Morgan fingerprint density at radius 3 is 2.22 bits per heavy atom. The summed E-state index contributed by atoms with van der Waals surface area (Å²) in [5.41, 5.74) is -6.65. The van der Waals surface area contributed by atoms with Crippen LogP contribution in [0.1, 0.15) is 17.8 Å². The first-order valence-corrected chi connectivity index (χ1v) is 12.9. The zero-order valence-electron chi connectivity index (χ0n) is 20.3. The topological polar surface area (TPSA) is 123 Å². The summed E-state index contributed by atoms with van der Waals surface area (Å²) in [6.07, 6.45) is -14.6. The standard InChI is InChI=1S/C21H16F9N7O3S/c1-41(38,39)40-18(21(28,29)30)6-8-37(10-18)17-35-15(12-3-2-4-13(33-12)19(22,23)24)34-16(36-17)32-11-5-7-31-14(9-11)20(25,26)27/h2-5,7,9H,6,8,10H2,1H3,(H,31,32,34,35,36)/t18-/m0/s1. The molecule has 1 saturated heterocycles. The summed E-state index contributed by atoms with van der Waals surface area (Å²) in [5.74, 6) is -1.73. The molecule has 1 fully saturated rings. The third-order valence-electron chi connectivity index (χ3n) is 5.54. The molecule has 222 valence electrons. The fourth-order valence-electron chi connectivity index (χ4n) is 3.78. The van der Waals surface area contributed by atoms with Crippen LogP contribution in [0.2, 0.25) is 0 Å². The summed E-state index contributed by atoms with van der Waals surface area (Å²) < 4.78 is 148. The van der Waals surface area contributed by atoms with Crippen molar-refractivity contribution in [2.45, 2.75) is 30.6 Å². The van der Waals surface area contributed by atoms with Crippen LogP contribution in [0.4, 0.5) is 57.1 Å². The first-order chi connectivity index (χ1) is 18.8. The van der Waals surface area contributed by atoms with Crippen LogP contribution in [-0.2, 0) is 26.7 Å². The Labute approximate surface area is 224 Å². The van der Waals surface area contributed by atoms with E-state index < -0.39 is 88.6 Å². The Kier molecular flexibility index (Phi) is 7.52. The fraction of sp³-hybridized carbons (Fsp3) is 0.381. The van der Waals surface area contributed by atoms with Crippen LogP contribution in [-0.4, -0.2) is 64.5 Å². The van der Waals surface area contributed by atoms with E-state index in [-0.39, 0.29) is 5.69 Å². The van der Waals surface area contributed by atoms with Gasteiger partial charge in [0.25, 0.3) is 10.1 Å². The molecule has 0 unspecified atom stereocenters. The van der Waals surface area contributed by atoms with Gasteiger partial charge >= 0.3 is 18.5 Å². The van der Waals surface area contributed by atoms with Gasteiger partial charge in [-0.2, -0.15) is 62.9 Å². The Morgan fingerprint density at radius 2 is 1.61 bits per heavy atom. The van der Waals surface area contributed by atoms with E-state index in [1.807, 2.05) is 0 Å². The molecule has 3 aromatic rings. The molecular formula is C21H16F9N7O3S. The zero-order chi connectivity index (χ0) is 30.4. The monoisotopic (exact) mass is 617 g/mol. The van der Waals surface area contributed by atoms with Crippen molar-refractivity contribution < 1.29 is 52.1 Å². The van der Waals surface area contributed by atoms with Crippen LogP contribution < -0.4 is 10.2 Å². The molecule has 0 amide bonds. The van der Waals surface area contributed by atoms with Gasteiger partial charge in [-0.1, -0.05) is 6.07 Å². The third-order valence-corrected chi connectivity index (χ3v) is 6.16. The second-order valence-electron chi connectivity index (χ2n) is 8.69. The zero-order valence-corrected chi connectivity index (χ0v) is 21.1. The van der Waals surface area contributed by atoms with Gasteiger partial charge in [-0.25, -0.2) is 4.98 Å². The number of nitrogens with one attached hydrogen (secondary N) is 1. The summed E-state index contributed by atoms with van der Waals surface area (Å²) in [7, 11) is -4.62. The molecule has 10 nitrogen and oxygen atoms in total. The number of hydrogen-bond donors (Lipinski definition) is 1. The fourth-order valence-corrected chi connectivity index (χ4v) is 4.59. The smallest absolute Gasteiger partial charge is 0.337 e. The van der Waals surface area contributed by atoms with Crippen LogP contribution >= 0.6 is 0 Å². The maximum Gasteiger partial charge on any atom is 0.433 e. The van der Waals surface area contributed by atoms with Crippen molar-refractivity contribution in [3.63, 3.8) is 0 Å². The Hall–Kier alpha value is -3.81. The Balaban J connectivity index is 1.80. The van der Waals surface area contributed by atoms with Crippen molar-refractivity contribution >= 4 is 27.7 Å². The Bertz CT molecular complexity index is 1550. The lowest BCUT2D eigenvalue weighted by atomic mass is 10.0. The van der Waals surface area contributed by atoms with Crippen LogP contribution in [0.25, 0.3) is 11.5 Å². The molecule has 0 aliphatic carbocycles. The maximum atomic E-state index is 13.9. The van der Waals surface area contributed by atoms with Crippen LogP contribution in [0.15, 0.2) is 36.5 Å². The van der Waals surface area contributed by atoms with Gasteiger partial charge in [-0.05, 0) is 24.3 Å². The van der Waals surface area contributed by atoms with Crippen molar-refractivity contribution in [2.75, 3.05) is 29.6 Å². The van der Waals surface area contributed by atoms with Gasteiger partial charge in [0.15, 0.2) is 5.82 Å². The number of halogens is 9. The van der Waals surface area contributed by atoms with Gasteiger partial charge < -0.3 is 10.2 Å². The number of rotatable bonds is 6. The van der Waals surface area contributed by atoms with E-state index in [0.29, 0.717) is 18.4 Å². The number of alkyl halides is 9. The number of aromatic nitrogens is 5. The molecule has 1 aliphatic heterocycles. The molecule has 0 bridgehead atoms. The lowest BCUT2D eigenvalue weighted by molar-refractivity contribution is -0.238. The largest absolute Gasteiger partial charge is 0.433 e. The molecule has 0 radical (unpaired) electrons. The van der Waals surface area contributed by atoms with Crippen molar-refractivity contribution in [3.05, 3.63) is 47.9 Å². The Morgan fingerprint density at radius 1 is 0.927 bits per heavy atom. The van der Waals surface area contributed by atoms with E-state index in [0.717, 1.165) is 29.3 Å². The predicted octanol–water partition coefficient (Wildman–Crippen LogP) is 4.60. The summed E-state index contributed by atoms with van der Waals surface area (Å²) in [4.78, 5) is 19.2. The van der Waals surface area contributed by atoms with E-state index in [1.54, 1.807) is 0 Å². The molecular weight excluding hydrogens is 601 g/mol. The lowest BCUT2D eigenvalue weighted by Crippen LogP contribution is -2.51. The second-order valence-corrected chi connectivity index (χ2v) is 10.3. The number of nitrogens with zero attached hydrogens (tertiary/aromatic N) is 6. The maximum absolute atomic E-state index is 13.9. The molecule has 4 heterocycles. The van der Waals surface area contributed by atoms with Crippen molar-refractivity contribution in [1.29, 1.82) is 0 Å². The highest BCUT2D eigenvalue weighted by molar-refractivity contribution is 7.86. The van der Waals surface area contributed by atoms with Crippen molar-refractivity contribution in [1.82, 2.24) is 24.9 Å². The van der Waals surface area contributed by atoms with Crippen LogP contribution in [0, 0.1) is 0 Å². The van der Waals surface area contributed by atoms with E-state index in [1.165, 1.54) is 0 Å². The van der Waals surface area contributed by atoms with Gasteiger partial charge in [-0.3, -0.25) is 9.17 Å². The lowest BCUT2D eigenvalue weighted by Gasteiger charge is -2.30. The summed E-state index contributed by atoms with van der Waals surface area (Å²) >= 11 is 0. The van der Waals surface area contributed by atoms with Crippen molar-refractivity contribution in [3.8, 4) is 11.5 Å². The van der Waals surface area contributed by atoms with E-state index in [2.05, 4.69) is 34.4 Å². The van der Waals surface area contributed by atoms with Crippen LogP contribution in [0.3, 0.4) is 0 Å². The molecule has 20 heteroatoms. The molecule has 4 rings (SSSR count). The average molecular weight is 617 g/mol. The molecule has 1 atom stereocenters. The quantitative estimate of drug-likeness (QED) is 0.310. The number of anilines is 3. The van der Waals surface area contributed by atoms with Gasteiger partial charge in [0.1, 0.15) is 17.1 Å². The highest BCUT2D eigenvalue weighted by Gasteiger charge is 2.62. The predicted molar refractivity (Wildman–Crippen MR) is 122 cm³/mol. The third kappa shape index (κ3) is 6.92. The second kappa shape index (κ2) is 10.2. The van der Waals surface area contributed by atoms with Gasteiger partial charge in [-0.15, -0.1) is 0 Å². The van der Waals surface area contributed by atoms with E-state index in [9.17, 15) is 47.9 Å². The summed E-state index contributed by atoms with van der Waals surface area (Å²) in [6, 6.07) is 4.30. The minimum Gasteiger partial charge on any atom is -0.337 e. The van der Waals surface area contributed by atoms with Gasteiger partial charge in [0.05, 0.1) is 12.8 Å². The summed E-state index contributed by atoms with van der Waals surface area (Å²) in [5, 5.41) is 2.40. The highest BCUT2D eigenvalue weighted by Crippen LogP contribution is 2.43. The molecule has 1 aliphatic rings. The highest BCUT2D eigenvalue weighted by atomic mass is 32.2. The minimum absolute atomic E-state index is 0.279. The van der Waals surface area contributed by atoms with Gasteiger partial charge in [0, 0.05) is 24.8 Å². The molecule has 0 saturated carbocycles. The first-order valence-electron chi connectivity index (χ1n) is 11.1. The molecule has 0 spiro atoms. The van der Waals surface area contributed by atoms with Crippen molar-refractivity contribution in [2.24, 2.45) is 0 Å². The molecule has 3 aromatic heterocycles. The van der Waals surface area contributed by atoms with E-state index in [4.69, 9.17) is 0 Å². The minimum atomic E-state index is -5.19. The number of pyridine rings is 2. The number of hydrogen-bond acceptors (Lipinski definition) is 10. The molecule has 41 heavy (non-hydrogen) atoms. The average Bonchev–Trinajstić information content (AvgIpc) is 3.27. The van der Waals surface area contributed by atoms with Crippen LogP contribution in [0.5, 0.6) is 0 Å². The summed E-state index contributed by atoms with van der Waals surface area (Å²) in [6.45, 7) is -1.67. The normalized spacial score (nSPS) is 18.5. The van der Waals surface area contributed by atoms with Gasteiger partial charge in [0.2, 0.25) is 17.5 Å².